The zero-order chi connectivity index (χ0) is 17.3. The first-order valence-electron chi connectivity index (χ1n) is 8.56. The second-order valence-electron chi connectivity index (χ2n) is 6.93. The molecule has 6 heteroatoms. The average Bonchev–Trinajstić information content (AvgIpc) is 2.97. The van der Waals surface area contributed by atoms with Crippen LogP contribution in [-0.4, -0.2) is 74.5 Å². The molecule has 1 aromatic carbocycles. The fraction of sp³-hybridized carbons (Fsp3) is 0.556. The topological polar surface area (TPSA) is 55.9 Å². The standard InChI is InChI=1S/C18H26N4O2/c1-13-11-21(9-7-19-13)12-17(23)22-8-6-14-4-5-15(10-16(14)22)18(24)20(2)3/h4-5,10,13,19H,6-9,11-12H2,1-3H3/t13-/m1/s1. The van der Waals surface area contributed by atoms with Crippen LogP contribution < -0.4 is 10.2 Å². The highest BCUT2D eigenvalue weighted by atomic mass is 16.2. The van der Waals surface area contributed by atoms with Crippen molar-refractivity contribution in [3.05, 3.63) is 29.3 Å². The smallest absolute Gasteiger partial charge is 0.253 e. The van der Waals surface area contributed by atoms with E-state index >= 15 is 0 Å². The van der Waals surface area contributed by atoms with E-state index in [1.165, 1.54) is 0 Å². The van der Waals surface area contributed by atoms with Gasteiger partial charge in [0.15, 0.2) is 0 Å². The third-order valence-electron chi connectivity index (χ3n) is 4.75. The third-order valence-corrected chi connectivity index (χ3v) is 4.75. The Labute approximate surface area is 143 Å². The second kappa shape index (κ2) is 6.91. The first-order valence-corrected chi connectivity index (χ1v) is 8.56. The number of benzene rings is 1. The molecule has 0 saturated carbocycles. The van der Waals surface area contributed by atoms with Crippen LogP contribution in [0, 0.1) is 0 Å². The zero-order valence-corrected chi connectivity index (χ0v) is 14.7. The number of fused-ring (bicyclic) bond motifs is 1. The maximum atomic E-state index is 12.8. The number of amides is 2. The number of rotatable bonds is 3. The Morgan fingerprint density at radius 1 is 1.29 bits per heavy atom. The van der Waals surface area contributed by atoms with Crippen LogP contribution >= 0.6 is 0 Å². The molecule has 2 aliphatic rings. The van der Waals surface area contributed by atoms with Gasteiger partial charge in [-0.1, -0.05) is 6.07 Å². The van der Waals surface area contributed by atoms with Gasteiger partial charge in [-0.3, -0.25) is 14.5 Å². The first-order chi connectivity index (χ1) is 11.5. The van der Waals surface area contributed by atoms with Gasteiger partial charge in [-0.2, -0.15) is 0 Å². The lowest BCUT2D eigenvalue weighted by molar-refractivity contribution is -0.119. The molecule has 1 fully saturated rings. The summed E-state index contributed by atoms with van der Waals surface area (Å²) in [6, 6.07) is 6.12. The lowest BCUT2D eigenvalue weighted by Gasteiger charge is -2.32. The van der Waals surface area contributed by atoms with Gasteiger partial charge in [-0.25, -0.2) is 0 Å². The zero-order valence-electron chi connectivity index (χ0n) is 14.7. The average molecular weight is 330 g/mol. The van der Waals surface area contributed by atoms with E-state index in [0.717, 1.165) is 37.3 Å². The predicted molar refractivity (Wildman–Crippen MR) is 94.4 cm³/mol. The van der Waals surface area contributed by atoms with Gasteiger partial charge in [0.05, 0.1) is 6.54 Å². The fourth-order valence-corrected chi connectivity index (χ4v) is 3.46. The van der Waals surface area contributed by atoms with Gasteiger partial charge in [0.2, 0.25) is 5.91 Å². The summed E-state index contributed by atoms with van der Waals surface area (Å²) in [6.45, 7) is 6.00. The lowest BCUT2D eigenvalue weighted by Crippen LogP contribution is -2.52. The molecule has 0 bridgehead atoms. The van der Waals surface area contributed by atoms with E-state index in [-0.39, 0.29) is 11.8 Å². The van der Waals surface area contributed by atoms with Crippen LogP contribution in [0.4, 0.5) is 5.69 Å². The molecule has 0 unspecified atom stereocenters. The molecule has 24 heavy (non-hydrogen) atoms. The number of hydrogen-bond donors (Lipinski definition) is 1. The number of nitrogens with zero attached hydrogens (tertiary/aromatic N) is 3. The molecule has 0 aliphatic carbocycles. The van der Waals surface area contributed by atoms with E-state index in [1.807, 2.05) is 23.1 Å². The minimum Gasteiger partial charge on any atom is -0.345 e. The van der Waals surface area contributed by atoms with E-state index in [9.17, 15) is 9.59 Å². The summed E-state index contributed by atoms with van der Waals surface area (Å²) in [6.07, 6.45) is 0.857. The maximum Gasteiger partial charge on any atom is 0.253 e. The summed E-state index contributed by atoms with van der Waals surface area (Å²) in [5.41, 5.74) is 2.68. The summed E-state index contributed by atoms with van der Waals surface area (Å²) >= 11 is 0. The van der Waals surface area contributed by atoms with E-state index in [0.29, 0.717) is 24.7 Å². The number of carbonyl (C=O) groups excluding carboxylic acids is 2. The van der Waals surface area contributed by atoms with E-state index in [2.05, 4.69) is 17.1 Å². The summed E-state index contributed by atoms with van der Waals surface area (Å²) in [4.78, 5) is 30.6. The maximum absolute atomic E-state index is 12.8. The van der Waals surface area contributed by atoms with Crippen LogP contribution in [0.15, 0.2) is 18.2 Å². The van der Waals surface area contributed by atoms with Gasteiger partial charge >= 0.3 is 0 Å². The Balaban J connectivity index is 1.74. The molecule has 6 nitrogen and oxygen atoms in total. The van der Waals surface area contributed by atoms with Gasteiger partial charge in [0.25, 0.3) is 5.91 Å². The lowest BCUT2D eigenvalue weighted by atomic mass is 10.1. The van der Waals surface area contributed by atoms with E-state index < -0.39 is 0 Å². The highest BCUT2D eigenvalue weighted by molar-refractivity contribution is 6.00. The van der Waals surface area contributed by atoms with Gasteiger partial charge < -0.3 is 15.1 Å². The summed E-state index contributed by atoms with van der Waals surface area (Å²) in [5, 5.41) is 3.39. The molecule has 2 amide bonds. The van der Waals surface area contributed by atoms with E-state index in [1.54, 1.807) is 19.0 Å². The fourth-order valence-electron chi connectivity index (χ4n) is 3.46. The highest BCUT2D eigenvalue weighted by Gasteiger charge is 2.28. The molecule has 0 spiro atoms. The van der Waals surface area contributed by atoms with Crippen molar-refractivity contribution >= 4 is 17.5 Å². The third kappa shape index (κ3) is 3.44. The van der Waals surface area contributed by atoms with E-state index in [4.69, 9.17) is 0 Å². The van der Waals surface area contributed by atoms with Crippen LogP contribution in [0.5, 0.6) is 0 Å². The first kappa shape index (κ1) is 16.9. The molecule has 1 atom stereocenters. The molecule has 130 valence electrons. The largest absolute Gasteiger partial charge is 0.345 e. The number of carbonyl (C=O) groups is 2. The monoisotopic (exact) mass is 330 g/mol. The Morgan fingerprint density at radius 3 is 2.79 bits per heavy atom. The summed E-state index contributed by atoms with van der Waals surface area (Å²) in [7, 11) is 3.48. The summed E-state index contributed by atoms with van der Waals surface area (Å²) in [5.74, 6) is 0.0883. The molecule has 1 saturated heterocycles. The Hall–Kier alpha value is -1.92. The molecule has 0 radical (unpaired) electrons. The number of hydrogen-bond acceptors (Lipinski definition) is 4. The van der Waals surface area contributed by atoms with Crippen LogP contribution in [0.1, 0.15) is 22.8 Å². The van der Waals surface area contributed by atoms with Crippen molar-refractivity contribution in [1.82, 2.24) is 15.1 Å². The SMILES string of the molecule is C[C@@H]1CN(CC(=O)N2CCc3ccc(C(=O)N(C)C)cc32)CCN1. The minimum atomic E-state index is -0.0342. The summed E-state index contributed by atoms with van der Waals surface area (Å²) < 4.78 is 0. The van der Waals surface area contributed by atoms with Gasteiger partial charge in [-0.05, 0) is 31.0 Å². The normalized spacial score (nSPS) is 20.8. The minimum absolute atomic E-state index is 0.0342. The van der Waals surface area contributed by atoms with Crippen molar-refractivity contribution in [3.63, 3.8) is 0 Å². The Kier molecular flexibility index (Phi) is 4.87. The van der Waals surface area contributed by atoms with Crippen LogP contribution in [0.3, 0.4) is 0 Å². The number of piperazine rings is 1. The molecular weight excluding hydrogens is 304 g/mol. The van der Waals surface area contributed by atoms with Crippen molar-refractivity contribution in [1.29, 1.82) is 0 Å². The molecular formula is C18H26N4O2. The number of anilines is 1. The van der Waals surface area contributed by atoms with Crippen LogP contribution in [0.2, 0.25) is 0 Å². The molecule has 1 aromatic rings. The van der Waals surface area contributed by atoms with Crippen molar-refractivity contribution in [3.8, 4) is 0 Å². The van der Waals surface area contributed by atoms with Crippen molar-refractivity contribution in [2.45, 2.75) is 19.4 Å². The molecule has 2 aliphatic heterocycles. The highest BCUT2D eigenvalue weighted by Crippen LogP contribution is 2.29. The van der Waals surface area contributed by atoms with Crippen LogP contribution in [0.25, 0.3) is 0 Å². The van der Waals surface area contributed by atoms with Gasteiger partial charge in [-0.15, -0.1) is 0 Å². The second-order valence-corrected chi connectivity index (χ2v) is 6.93. The van der Waals surface area contributed by atoms with Gasteiger partial charge in [0.1, 0.15) is 0 Å². The Morgan fingerprint density at radius 2 is 2.08 bits per heavy atom. The number of nitrogens with one attached hydrogen (secondary N) is 1. The van der Waals surface area contributed by atoms with Crippen molar-refractivity contribution in [2.24, 2.45) is 0 Å². The molecule has 2 heterocycles. The molecule has 1 N–H and O–H groups in total. The van der Waals surface area contributed by atoms with Crippen LogP contribution in [-0.2, 0) is 11.2 Å². The van der Waals surface area contributed by atoms with Crippen molar-refractivity contribution < 1.29 is 9.59 Å². The van der Waals surface area contributed by atoms with Crippen molar-refractivity contribution in [2.75, 3.05) is 51.7 Å². The van der Waals surface area contributed by atoms with Gasteiger partial charge in [0, 0.05) is 57.6 Å². The predicted octanol–water partition coefficient (Wildman–Crippen LogP) is 0.571. The Bertz CT molecular complexity index is 644. The quantitative estimate of drug-likeness (QED) is 0.880. The molecule has 3 rings (SSSR count). The molecule has 0 aromatic heterocycles.